The normalized spacial score (nSPS) is 22.1. The lowest BCUT2D eigenvalue weighted by atomic mass is 10.1. The van der Waals surface area contributed by atoms with E-state index in [0.29, 0.717) is 0 Å². The number of halogens is 2. The number of hydrogen-bond acceptors (Lipinski definition) is 3. The van der Waals surface area contributed by atoms with Crippen molar-refractivity contribution in [3.8, 4) is 0 Å². The predicted octanol–water partition coefficient (Wildman–Crippen LogP) is 0.554. The van der Waals surface area contributed by atoms with E-state index in [2.05, 4.69) is 0 Å². The van der Waals surface area contributed by atoms with Crippen molar-refractivity contribution in [3.63, 3.8) is 0 Å². The molecule has 2 atom stereocenters. The largest absolute Gasteiger partial charge is 0.480 e. The van der Waals surface area contributed by atoms with E-state index < -0.39 is 35.7 Å². The first kappa shape index (κ1) is 14.4. The van der Waals surface area contributed by atoms with Crippen LogP contribution >= 0.6 is 0 Å². The first-order valence-electron chi connectivity index (χ1n) is 6.02. The number of carboxylic acids is 1. The summed E-state index contributed by atoms with van der Waals surface area (Å²) in [5.74, 6) is -3.81. The van der Waals surface area contributed by atoms with E-state index in [1.807, 2.05) is 0 Å². The molecule has 2 N–H and O–H groups in total. The number of carbonyl (C=O) groups excluding carboxylic acids is 1. The molecule has 1 amide bonds. The van der Waals surface area contributed by atoms with Crippen molar-refractivity contribution in [2.75, 3.05) is 6.54 Å². The van der Waals surface area contributed by atoms with Crippen LogP contribution in [0.2, 0.25) is 0 Å². The maximum atomic E-state index is 13.0. The van der Waals surface area contributed by atoms with Gasteiger partial charge in [-0.05, 0) is 17.7 Å². The summed E-state index contributed by atoms with van der Waals surface area (Å²) in [4.78, 5) is 24.1. The third-order valence-corrected chi connectivity index (χ3v) is 3.22. The zero-order chi connectivity index (χ0) is 14.9. The standard InChI is InChI=1S/C13H13F2NO4/c14-9-2-1-7(3-10(9)15)4-12(18)16-6-8(17)5-11(16)13(19)20/h1-3,8,11,17H,4-6H2,(H,19,20)/t8-,11-/m0/s1. The molecular weight excluding hydrogens is 272 g/mol. The molecule has 1 aliphatic heterocycles. The number of rotatable bonds is 3. The van der Waals surface area contributed by atoms with Gasteiger partial charge in [-0.3, -0.25) is 4.79 Å². The molecule has 0 aliphatic carbocycles. The number of nitrogens with zero attached hydrogens (tertiary/aromatic N) is 1. The number of aliphatic hydroxyl groups is 1. The van der Waals surface area contributed by atoms with Crippen LogP contribution in [0, 0.1) is 11.6 Å². The van der Waals surface area contributed by atoms with Crippen LogP contribution < -0.4 is 0 Å². The molecule has 1 saturated heterocycles. The summed E-state index contributed by atoms with van der Waals surface area (Å²) in [5, 5.41) is 18.4. The lowest BCUT2D eigenvalue weighted by molar-refractivity contribution is -0.148. The van der Waals surface area contributed by atoms with Gasteiger partial charge in [-0.1, -0.05) is 6.07 Å². The van der Waals surface area contributed by atoms with Gasteiger partial charge in [0, 0.05) is 13.0 Å². The van der Waals surface area contributed by atoms with E-state index in [9.17, 15) is 23.5 Å². The molecule has 0 bridgehead atoms. The van der Waals surface area contributed by atoms with E-state index in [1.165, 1.54) is 6.07 Å². The average Bonchev–Trinajstić information content (AvgIpc) is 2.76. The molecule has 0 radical (unpaired) electrons. The summed E-state index contributed by atoms with van der Waals surface area (Å²) in [6.45, 7) is -0.0700. The van der Waals surface area contributed by atoms with Gasteiger partial charge in [-0.2, -0.15) is 0 Å². The molecule has 0 aromatic heterocycles. The first-order chi connectivity index (χ1) is 9.38. The van der Waals surface area contributed by atoms with Gasteiger partial charge in [-0.15, -0.1) is 0 Å². The third-order valence-electron chi connectivity index (χ3n) is 3.22. The Morgan fingerprint density at radius 1 is 1.30 bits per heavy atom. The average molecular weight is 285 g/mol. The molecule has 0 spiro atoms. The highest BCUT2D eigenvalue weighted by Crippen LogP contribution is 2.20. The second-order valence-electron chi connectivity index (χ2n) is 4.71. The van der Waals surface area contributed by atoms with Gasteiger partial charge in [0.05, 0.1) is 12.5 Å². The van der Waals surface area contributed by atoms with E-state index >= 15 is 0 Å². The molecule has 1 fully saturated rings. The van der Waals surface area contributed by atoms with Crippen molar-refractivity contribution in [1.29, 1.82) is 0 Å². The number of carboxylic acid groups (broad SMARTS) is 1. The molecule has 7 heteroatoms. The van der Waals surface area contributed by atoms with Gasteiger partial charge in [0.1, 0.15) is 6.04 Å². The summed E-state index contributed by atoms with van der Waals surface area (Å²) in [6.07, 6.45) is -1.16. The molecular formula is C13H13F2NO4. The summed E-state index contributed by atoms with van der Waals surface area (Å²) in [6, 6.07) is 1.99. The minimum Gasteiger partial charge on any atom is -0.480 e. The van der Waals surface area contributed by atoms with Crippen molar-refractivity contribution in [2.45, 2.75) is 25.0 Å². The van der Waals surface area contributed by atoms with E-state index in [1.54, 1.807) is 0 Å². The highest BCUT2D eigenvalue weighted by Gasteiger charge is 2.38. The molecule has 20 heavy (non-hydrogen) atoms. The van der Waals surface area contributed by atoms with Gasteiger partial charge in [0.25, 0.3) is 0 Å². The maximum Gasteiger partial charge on any atom is 0.326 e. The van der Waals surface area contributed by atoms with Crippen LogP contribution in [0.25, 0.3) is 0 Å². The number of aliphatic carboxylic acids is 1. The summed E-state index contributed by atoms with van der Waals surface area (Å²) in [7, 11) is 0. The van der Waals surface area contributed by atoms with Crippen LogP contribution in [0.3, 0.4) is 0 Å². The Hall–Kier alpha value is -2.02. The Bertz CT molecular complexity index is 549. The number of carbonyl (C=O) groups is 2. The number of likely N-dealkylation sites (tertiary alicyclic amines) is 1. The van der Waals surface area contributed by atoms with Crippen LogP contribution in [0.5, 0.6) is 0 Å². The monoisotopic (exact) mass is 285 g/mol. The van der Waals surface area contributed by atoms with Crippen LogP contribution in [0.4, 0.5) is 8.78 Å². The molecule has 0 unspecified atom stereocenters. The fourth-order valence-corrected chi connectivity index (χ4v) is 2.25. The lowest BCUT2D eigenvalue weighted by Crippen LogP contribution is -2.41. The van der Waals surface area contributed by atoms with Gasteiger partial charge >= 0.3 is 5.97 Å². The van der Waals surface area contributed by atoms with Gasteiger partial charge < -0.3 is 15.1 Å². The topological polar surface area (TPSA) is 77.8 Å². The molecule has 1 aromatic rings. The maximum absolute atomic E-state index is 13.0. The highest BCUT2D eigenvalue weighted by molar-refractivity contribution is 5.85. The summed E-state index contributed by atoms with van der Waals surface area (Å²) < 4.78 is 25.8. The number of β-amino-alcohol motifs (C(OH)–C–C–N with tert-alkyl or cyclic N) is 1. The van der Waals surface area contributed by atoms with Crippen LogP contribution in [0.15, 0.2) is 18.2 Å². The Morgan fingerprint density at radius 2 is 2.00 bits per heavy atom. The zero-order valence-corrected chi connectivity index (χ0v) is 10.4. The van der Waals surface area contributed by atoms with Crippen molar-refractivity contribution < 1.29 is 28.6 Å². The Balaban J connectivity index is 2.11. The second kappa shape index (κ2) is 5.54. The van der Waals surface area contributed by atoms with Crippen molar-refractivity contribution in [1.82, 2.24) is 4.90 Å². The lowest BCUT2D eigenvalue weighted by Gasteiger charge is -2.21. The van der Waals surface area contributed by atoms with E-state index in [4.69, 9.17) is 5.11 Å². The Kier molecular flexibility index (Phi) is 3.99. The smallest absolute Gasteiger partial charge is 0.326 e. The van der Waals surface area contributed by atoms with Crippen LogP contribution in [-0.2, 0) is 16.0 Å². The van der Waals surface area contributed by atoms with E-state index in [-0.39, 0.29) is 24.9 Å². The summed E-state index contributed by atoms with van der Waals surface area (Å²) >= 11 is 0. The van der Waals surface area contributed by atoms with Crippen molar-refractivity contribution in [3.05, 3.63) is 35.4 Å². The number of benzene rings is 1. The van der Waals surface area contributed by atoms with Crippen molar-refractivity contribution in [2.24, 2.45) is 0 Å². The molecule has 1 heterocycles. The fraction of sp³-hybridized carbons (Fsp3) is 0.385. The number of hydrogen-bond donors (Lipinski definition) is 2. The van der Waals surface area contributed by atoms with Gasteiger partial charge in [0.2, 0.25) is 5.91 Å². The number of amides is 1. The molecule has 2 rings (SSSR count). The fourth-order valence-electron chi connectivity index (χ4n) is 2.25. The molecule has 0 saturated carbocycles. The SMILES string of the molecule is O=C(O)[C@@H]1C[C@H](O)CN1C(=O)Cc1ccc(F)c(F)c1. The molecule has 5 nitrogen and oxygen atoms in total. The first-order valence-corrected chi connectivity index (χ1v) is 6.02. The third kappa shape index (κ3) is 2.93. The van der Waals surface area contributed by atoms with Gasteiger partial charge in [-0.25, -0.2) is 13.6 Å². The molecule has 1 aromatic carbocycles. The van der Waals surface area contributed by atoms with Crippen LogP contribution in [0.1, 0.15) is 12.0 Å². The summed E-state index contributed by atoms with van der Waals surface area (Å²) in [5.41, 5.74) is 0.249. The number of aliphatic hydroxyl groups excluding tert-OH is 1. The Labute approximate surface area is 113 Å². The predicted molar refractivity (Wildman–Crippen MR) is 63.8 cm³/mol. The zero-order valence-electron chi connectivity index (χ0n) is 10.4. The van der Waals surface area contributed by atoms with Gasteiger partial charge in [0.15, 0.2) is 11.6 Å². The Morgan fingerprint density at radius 3 is 2.60 bits per heavy atom. The minimum absolute atomic E-state index is 0.0289. The second-order valence-corrected chi connectivity index (χ2v) is 4.71. The quantitative estimate of drug-likeness (QED) is 0.850. The molecule has 1 aliphatic rings. The molecule has 108 valence electrons. The van der Waals surface area contributed by atoms with E-state index in [0.717, 1.165) is 17.0 Å². The highest BCUT2D eigenvalue weighted by atomic mass is 19.2. The minimum atomic E-state index is -1.19. The van der Waals surface area contributed by atoms with Crippen molar-refractivity contribution >= 4 is 11.9 Å². The van der Waals surface area contributed by atoms with Crippen LogP contribution in [-0.4, -0.2) is 45.7 Å².